The van der Waals surface area contributed by atoms with E-state index in [1.807, 2.05) is 0 Å². The molecule has 0 rings (SSSR count). The molecule has 29 heavy (non-hydrogen) atoms. The van der Waals surface area contributed by atoms with Crippen molar-refractivity contribution in [2.24, 2.45) is 11.8 Å². The first kappa shape index (κ1) is 27.5. The van der Waals surface area contributed by atoms with E-state index in [-0.39, 0.29) is 54.5 Å². The number of rotatable bonds is 17. The molecule has 1 unspecified atom stereocenters. The van der Waals surface area contributed by atoms with Crippen molar-refractivity contribution in [1.29, 1.82) is 0 Å². The zero-order valence-corrected chi connectivity index (χ0v) is 18.7. The highest BCUT2D eigenvalue weighted by Gasteiger charge is 2.30. The van der Waals surface area contributed by atoms with E-state index in [0.29, 0.717) is 19.4 Å². The summed E-state index contributed by atoms with van der Waals surface area (Å²) in [6.45, 7) is 7.19. The Kier molecular flexibility index (Phi) is 13.8. The lowest BCUT2D eigenvalue weighted by molar-refractivity contribution is -0.132. The van der Waals surface area contributed by atoms with Crippen molar-refractivity contribution in [2.75, 3.05) is 27.2 Å². The molecule has 0 aromatic rings. The summed E-state index contributed by atoms with van der Waals surface area (Å²) < 4.78 is 0. The van der Waals surface area contributed by atoms with Gasteiger partial charge in [0.15, 0.2) is 5.78 Å². The molecule has 0 spiro atoms. The normalized spacial score (nSPS) is 15.6. The lowest BCUT2D eigenvalue weighted by Gasteiger charge is -2.24. The van der Waals surface area contributed by atoms with Crippen LogP contribution in [0, 0.1) is 11.8 Å². The number of likely N-dealkylation sites (N-methyl/N-ethyl adjacent to an activating group) is 1. The second-order valence-corrected chi connectivity index (χ2v) is 7.99. The van der Waals surface area contributed by atoms with Gasteiger partial charge >= 0.3 is 0 Å². The molecule has 0 saturated heterocycles. The smallest absolute Gasteiger partial charge is 0.178 e. The van der Waals surface area contributed by atoms with Crippen LogP contribution in [0.1, 0.15) is 53.4 Å². The van der Waals surface area contributed by atoms with Crippen LogP contribution in [0.3, 0.4) is 0 Å². The minimum atomic E-state index is -1.09. The highest BCUT2D eigenvalue weighted by molar-refractivity contribution is 5.89. The van der Waals surface area contributed by atoms with Crippen LogP contribution in [-0.4, -0.2) is 73.6 Å². The molecule has 0 aliphatic carbocycles. The van der Waals surface area contributed by atoms with Crippen LogP contribution in [-0.2, 0) is 19.2 Å². The van der Waals surface area contributed by atoms with Crippen molar-refractivity contribution in [3.05, 3.63) is 0 Å². The molecule has 0 aliphatic rings. The summed E-state index contributed by atoms with van der Waals surface area (Å²) in [6, 6.07) is -1.02. The number of nitrogens with one attached hydrogen (secondary N) is 3. The lowest BCUT2D eigenvalue weighted by atomic mass is 9.87. The first-order valence-electron chi connectivity index (χ1n) is 10.3. The van der Waals surface area contributed by atoms with E-state index in [1.54, 1.807) is 27.9 Å². The Labute approximate surface area is 174 Å². The summed E-state index contributed by atoms with van der Waals surface area (Å²) in [5, 5.41) is 18.9. The zero-order chi connectivity index (χ0) is 22.6. The van der Waals surface area contributed by atoms with Crippen molar-refractivity contribution in [1.82, 2.24) is 16.0 Å². The van der Waals surface area contributed by atoms with Crippen molar-refractivity contribution in [3.8, 4) is 0 Å². The molecule has 8 heteroatoms. The molecule has 0 amide bonds. The molecule has 0 aromatic carbocycles. The second-order valence-electron chi connectivity index (χ2n) is 7.99. The Morgan fingerprint density at radius 2 is 1.55 bits per heavy atom. The number of hydrogen-bond donors (Lipinski definition) is 4. The quantitative estimate of drug-likeness (QED) is 0.268. The molecule has 8 nitrogen and oxygen atoms in total. The summed E-state index contributed by atoms with van der Waals surface area (Å²) in [5.41, 5.74) is 0. The van der Waals surface area contributed by atoms with E-state index in [0.717, 1.165) is 0 Å². The number of Topliss-reactive ketones (excluding diaryl/α,β-unsaturated/α-hetero) is 4. The third-order valence-electron chi connectivity index (χ3n) is 5.20. The Balaban J connectivity index is 4.72. The summed E-state index contributed by atoms with van der Waals surface area (Å²) in [6.07, 6.45) is 0.269. The Hall–Kier alpha value is -1.48. The molecule has 4 atom stereocenters. The predicted octanol–water partition coefficient (Wildman–Crippen LogP) is 0.262. The first-order chi connectivity index (χ1) is 13.5. The van der Waals surface area contributed by atoms with Crippen molar-refractivity contribution in [3.63, 3.8) is 0 Å². The minimum absolute atomic E-state index is 0.0197. The van der Waals surface area contributed by atoms with Gasteiger partial charge in [-0.2, -0.15) is 0 Å². The number of hydrogen-bond acceptors (Lipinski definition) is 8. The maximum absolute atomic E-state index is 12.4. The molecule has 4 N–H and O–H groups in total. The van der Waals surface area contributed by atoms with Crippen LogP contribution in [0.4, 0.5) is 0 Å². The van der Waals surface area contributed by atoms with Gasteiger partial charge in [0, 0.05) is 12.3 Å². The molecule has 0 aromatic heterocycles. The fraction of sp³-hybridized carbons (Fsp3) is 0.810. The van der Waals surface area contributed by atoms with Gasteiger partial charge in [-0.1, -0.05) is 13.8 Å². The van der Waals surface area contributed by atoms with Gasteiger partial charge in [-0.25, -0.2) is 0 Å². The molecular formula is C21H39N3O5. The Bertz CT molecular complexity index is 550. The second kappa shape index (κ2) is 14.5. The summed E-state index contributed by atoms with van der Waals surface area (Å²) in [5.74, 6) is -1.19. The van der Waals surface area contributed by atoms with Gasteiger partial charge in [-0.3, -0.25) is 19.2 Å². The van der Waals surface area contributed by atoms with Gasteiger partial charge in [0.25, 0.3) is 0 Å². The maximum atomic E-state index is 12.4. The van der Waals surface area contributed by atoms with Crippen molar-refractivity contribution in [2.45, 2.75) is 71.6 Å². The topological polar surface area (TPSA) is 125 Å². The molecule has 0 fully saturated rings. The third-order valence-corrected chi connectivity index (χ3v) is 5.20. The van der Waals surface area contributed by atoms with Gasteiger partial charge in [0.1, 0.15) is 23.5 Å². The monoisotopic (exact) mass is 413 g/mol. The zero-order valence-electron chi connectivity index (χ0n) is 18.7. The third kappa shape index (κ3) is 10.7. The van der Waals surface area contributed by atoms with E-state index in [9.17, 15) is 24.3 Å². The van der Waals surface area contributed by atoms with Crippen LogP contribution < -0.4 is 16.0 Å². The predicted molar refractivity (Wildman–Crippen MR) is 113 cm³/mol. The lowest BCUT2D eigenvalue weighted by Crippen LogP contribution is -2.44. The number of carbonyl (C=O) groups excluding carboxylic acids is 4. The highest BCUT2D eigenvalue weighted by Crippen LogP contribution is 2.18. The molecule has 0 bridgehead atoms. The largest absolute Gasteiger partial charge is 0.385 e. The van der Waals surface area contributed by atoms with E-state index >= 15 is 0 Å². The number of carbonyl (C=O) groups is 4. The van der Waals surface area contributed by atoms with E-state index in [1.165, 1.54) is 13.8 Å². The maximum Gasteiger partial charge on any atom is 0.178 e. The fourth-order valence-corrected chi connectivity index (χ4v) is 3.08. The van der Waals surface area contributed by atoms with E-state index in [4.69, 9.17) is 0 Å². The molecule has 0 heterocycles. The van der Waals surface area contributed by atoms with Crippen molar-refractivity contribution < 1.29 is 24.3 Å². The summed E-state index contributed by atoms with van der Waals surface area (Å²) >= 11 is 0. The van der Waals surface area contributed by atoms with Crippen molar-refractivity contribution >= 4 is 23.1 Å². The Morgan fingerprint density at radius 1 is 0.931 bits per heavy atom. The molecule has 0 aliphatic heterocycles. The van der Waals surface area contributed by atoms with Gasteiger partial charge in [0.2, 0.25) is 0 Å². The Morgan fingerprint density at radius 3 is 2.00 bits per heavy atom. The standard InChI is InChI=1S/C21H39N3O5/c1-13(2)20(28)21(29)19(23-6)11-16(14(3)25)7-8-17(27)12-24-18(15(4)26)9-10-22-5/h13,16,18-20,22-24,28H,7-12H2,1-6H3/t16-,18+,19?,20+/m1/s1. The number of aliphatic hydroxyl groups excluding tert-OH is 1. The average Bonchev–Trinajstić information content (AvgIpc) is 2.66. The molecule has 168 valence electrons. The molecular weight excluding hydrogens is 374 g/mol. The van der Waals surface area contributed by atoms with E-state index < -0.39 is 18.1 Å². The van der Waals surface area contributed by atoms with Crippen LogP contribution >= 0.6 is 0 Å². The number of ketones is 4. The van der Waals surface area contributed by atoms with Crippen LogP contribution in [0.2, 0.25) is 0 Å². The number of aliphatic hydroxyl groups is 1. The van der Waals surface area contributed by atoms with Crippen LogP contribution in [0.15, 0.2) is 0 Å². The van der Waals surface area contributed by atoms with Gasteiger partial charge in [-0.05, 0) is 59.7 Å². The highest BCUT2D eigenvalue weighted by atomic mass is 16.3. The minimum Gasteiger partial charge on any atom is -0.385 e. The summed E-state index contributed by atoms with van der Waals surface area (Å²) in [4.78, 5) is 48.3. The summed E-state index contributed by atoms with van der Waals surface area (Å²) in [7, 11) is 3.42. The van der Waals surface area contributed by atoms with Crippen LogP contribution in [0.25, 0.3) is 0 Å². The van der Waals surface area contributed by atoms with Crippen LogP contribution in [0.5, 0.6) is 0 Å². The SMILES string of the molecule is CNCC[C@H](NCC(=O)CC[C@H](CC(NC)C(=O)[C@@H](O)C(C)C)C(C)=O)C(C)=O. The fourth-order valence-electron chi connectivity index (χ4n) is 3.08. The van der Waals surface area contributed by atoms with Gasteiger partial charge < -0.3 is 21.1 Å². The van der Waals surface area contributed by atoms with E-state index in [2.05, 4.69) is 16.0 Å². The van der Waals surface area contributed by atoms with Gasteiger partial charge in [-0.15, -0.1) is 0 Å². The van der Waals surface area contributed by atoms with Gasteiger partial charge in [0.05, 0.1) is 18.6 Å². The first-order valence-corrected chi connectivity index (χ1v) is 10.3. The average molecular weight is 414 g/mol. The molecule has 0 saturated carbocycles. The molecule has 0 radical (unpaired) electrons.